The predicted octanol–water partition coefficient (Wildman–Crippen LogP) is 2.94. The highest BCUT2D eigenvalue weighted by atomic mass is 16.6. The Morgan fingerprint density at radius 2 is 2.00 bits per heavy atom. The third-order valence-electron chi connectivity index (χ3n) is 3.82. The van der Waals surface area contributed by atoms with E-state index >= 15 is 0 Å². The summed E-state index contributed by atoms with van der Waals surface area (Å²) in [6, 6.07) is 0.246. The second-order valence-corrected chi connectivity index (χ2v) is 7.14. The van der Waals surface area contributed by atoms with Crippen molar-refractivity contribution in [2.24, 2.45) is 7.05 Å². The first-order valence-corrected chi connectivity index (χ1v) is 8.20. The number of rotatable bonds is 6. The molecule has 0 saturated carbocycles. The van der Waals surface area contributed by atoms with Crippen LogP contribution in [0.25, 0.3) is 0 Å². The lowest BCUT2D eigenvalue weighted by atomic mass is 10.1. The molecule has 0 aliphatic heterocycles. The number of carbonyl (C=O) groups excluding carboxylic acids is 1. The quantitative estimate of drug-likeness (QED) is 0.817. The van der Waals surface area contributed by atoms with E-state index in [1.165, 1.54) is 11.3 Å². The van der Waals surface area contributed by atoms with Crippen LogP contribution in [0.5, 0.6) is 0 Å². The van der Waals surface area contributed by atoms with Crippen molar-refractivity contribution in [3.8, 4) is 0 Å². The molecule has 1 heterocycles. The summed E-state index contributed by atoms with van der Waals surface area (Å²) in [6.07, 6.45) is 0.600. The molecule has 1 N–H and O–H groups in total. The Morgan fingerprint density at radius 3 is 2.48 bits per heavy atom. The SMILES string of the molecule is Cc1nn(C)c(C)c1C(C)NCCCN(C)C(=O)OC(C)(C)C. The largest absolute Gasteiger partial charge is 0.444 e. The lowest BCUT2D eigenvalue weighted by molar-refractivity contribution is 0.0297. The number of hydrogen-bond donors (Lipinski definition) is 1. The second kappa shape index (κ2) is 7.81. The molecule has 1 rings (SSSR count). The summed E-state index contributed by atoms with van der Waals surface area (Å²) in [6.45, 7) is 13.4. The maximum Gasteiger partial charge on any atom is 0.410 e. The first kappa shape index (κ1) is 19.5. The maximum absolute atomic E-state index is 11.9. The molecule has 0 spiro atoms. The first-order chi connectivity index (χ1) is 10.5. The number of carbonyl (C=O) groups is 1. The van der Waals surface area contributed by atoms with Gasteiger partial charge >= 0.3 is 6.09 Å². The Labute approximate surface area is 140 Å². The van der Waals surface area contributed by atoms with Crippen LogP contribution in [0.3, 0.4) is 0 Å². The van der Waals surface area contributed by atoms with Gasteiger partial charge in [-0.3, -0.25) is 4.68 Å². The molecule has 0 aliphatic rings. The van der Waals surface area contributed by atoms with Crippen molar-refractivity contribution in [2.45, 2.75) is 59.6 Å². The van der Waals surface area contributed by atoms with Crippen LogP contribution in [0.1, 0.15) is 57.1 Å². The summed E-state index contributed by atoms with van der Waals surface area (Å²) >= 11 is 0. The van der Waals surface area contributed by atoms with Gasteiger partial charge in [-0.15, -0.1) is 0 Å². The molecule has 1 aromatic rings. The van der Waals surface area contributed by atoms with Crippen LogP contribution in [0, 0.1) is 13.8 Å². The van der Waals surface area contributed by atoms with Crippen LogP contribution >= 0.6 is 0 Å². The average molecular weight is 324 g/mol. The van der Waals surface area contributed by atoms with Gasteiger partial charge in [-0.25, -0.2) is 4.79 Å². The zero-order valence-corrected chi connectivity index (χ0v) is 15.9. The van der Waals surface area contributed by atoms with Gasteiger partial charge in [0.2, 0.25) is 0 Å². The summed E-state index contributed by atoms with van der Waals surface area (Å²) in [5, 5.41) is 7.96. The Bertz CT molecular complexity index is 531. The van der Waals surface area contributed by atoms with Gasteiger partial charge < -0.3 is 15.0 Å². The second-order valence-electron chi connectivity index (χ2n) is 7.14. The van der Waals surface area contributed by atoms with E-state index in [9.17, 15) is 4.79 Å². The molecule has 1 unspecified atom stereocenters. The summed E-state index contributed by atoms with van der Waals surface area (Å²) in [7, 11) is 3.74. The minimum atomic E-state index is -0.451. The monoisotopic (exact) mass is 324 g/mol. The van der Waals surface area contributed by atoms with Gasteiger partial charge in [0.25, 0.3) is 0 Å². The van der Waals surface area contributed by atoms with E-state index in [1.807, 2.05) is 39.4 Å². The van der Waals surface area contributed by atoms with Gasteiger partial charge in [0.05, 0.1) is 5.69 Å². The lowest BCUT2D eigenvalue weighted by Gasteiger charge is -2.24. The normalized spacial score (nSPS) is 13.0. The number of hydrogen-bond acceptors (Lipinski definition) is 4. The summed E-state index contributed by atoms with van der Waals surface area (Å²) in [5.74, 6) is 0. The maximum atomic E-state index is 11.9. The number of nitrogens with one attached hydrogen (secondary N) is 1. The standard InChI is InChI=1S/C17H32N4O2/c1-12(15-13(2)19-21(8)14(15)3)18-10-9-11-20(7)16(22)23-17(4,5)6/h12,18H,9-11H2,1-8H3. The lowest BCUT2D eigenvalue weighted by Crippen LogP contribution is -2.35. The van der Waals surface area contributed by atoms with Crippen molar-refractivity contribution in [1.82, 2.24) is 20.0 Å². The molecule has 0 aromatic carbocycles. The number of ether oxygens (including phenoxy) is 1. The van der Waals surface area contributed by atoms with E-state index in [2.05, 4.69) is 24.3 Å². The molecular formula is C17H32N4O2. The summed E-state index contributed by atoms with van der Waals surface area (Å²) in [5.41, 5.74) is 3.06. The van der Waals surface area contributed by atoms with E-state index in [-0.39, 0.29) is 12.1 Å². The van der Waals surface area contributed by atoms with Crippen molar-refractivity contribution in [1.29, 1.82) is 0 Å². The van der Waals surface area contributed by atoms with E-state index in [1.54, 1.807) is 11.9 Å². The van der Waals surface area contributed by atoms with Crippen molar-refractivity contribution >= 4 is 6.09 Å². The molecule has 0 bridgehead atoms. The third kappa shape index (κ3) is 5.86. The fraction of sp³-hybridized carbons (Fsp3) is 0.765. The summed E-state index contributed by atoms with van der Waals surface area (Å²) < 4.78 is 7.25. The first-order valence-electron chi connectivity index (χ1n) is 8.20. The van der Waals surface area contributed by atoms with Crippen molar-refractivity contribution in [3.05, 3.63) is 17.0 Å². The van der Waals surface area contributed by atoms with Gasteiger partial charge in [-0.05, 0) is 54.5 Å². The Hall–Kier alpha value is -1.56. The fourth-order valence-electron chi connectivity index (χ4n) is 2.58. The Balaban J connectivity index is 2.38. The molecule has 23 heavy (non-hydrogen) atoms. The van der Waals surface area contributed by atoms with Crippen LogP contribution in [0.4, 0.5) is 4.79 Å². The molecule has 0 radical (unpaired) electrons. The zero-order valence-electron chi connectivity index (χ0n) is 15.9. The molecule has 0 saturated heterocycles. The van der Waals surface area contributed by atoms with Gasteiger partial charge in [0, 0.05) is 37.9 Å². The molecule has 0 fully saturated rings. The Kier molecular flexibility index (Phi) is 6.62. The molecule has 1 amide bonds. The minimum Gasteiger partial charge on any atom is -0.444 e. The van der Waals surface area contributed by atoms with Crippen LogP contribution in [-0.4, -0.2) is 46.5 Å². The molecule has 0 aliphatic carbocycles. The number of nitrogens with zero attached hydrogens (tertiary/aromatic N) is 3. The van der Waals surface area contributed by atoms with Crippen LogP contribution < -0.4 is 5.32 Å². The summed E-state index contributed by atoms with van der Waals surface area (Å²) in [4.78, 5) is 13.5. The van der Waals surface area contributed by atoms with Gasteiger partial charge in [0.1, 0.15) is 5.60 Å². The zero-order chi connectivity index (χ0) is 17.8. The minimum absolute atomic E-state index is 0.246. The van der Waals surface area contributed by atoms with Gasteiger partial charge in [0.15, 0.2) is 0 Å². The van der Waals surface area contributed by atoms with Crippen LogP contribution in [-0.2, 0) is 11.8 Å². The molecule has 1 atom stereocenters. The molecule has 132 valence electrons. The molecule has 6 heteroatoms. The van der Waals surface area contributed by atoms with E-state index in [4.69, 9.17) is 4.74 Å². The van der Waals surface area contributed by atoms with Gasteiger partial charge in [-0.2, -0.15) is 5.10 Å². The highest BCUT2D eigenvalue weighted by molar-refractivity contribution is 5.67. The van der Waals surface area contributed by atoms with E-state index in [0.717, 1.165) is 18.7 Å². The topological polar surface area (TPSA) is 59.4 Å². The van der Waals surface area contributed by atoms with Crippen molar-refractivity contribution in [2.75, 3.05) is 20.1 Å². The van der Waals surface area contributed by atoms with Gasteiger partial charge in [-0.1, -0.05) is 0 Å². The smallest absolute Gasteiger partial charge is 0.410 e. The van der Waals surface area contributed by atoms with Crippen LogP contribution in [0.15, 0.2) is 0 Å². The number of aromatic nitrogens is 2. The number of aryl methyl sites for hydroxylation is 2. The van der Waals surface area contributed by atoms with E-state index < -0.39 is 5.60 Å². The highest BCUT2D eigenvalue weighted by Crippen LogP contribution is 2.20. The van der Waals surface area contributed by atoms with Crippen LogP contribution in [0.2, 0.25) is 0 Å². The molecule has 6 nitrogen and oxygen atoms in total. The highest BCUT2D eigenvalue weighted by Gasteiger charge is 2.19. The predicted molar refractivity (Wildman–Crippen MR) is 92.6 cm³/mol. The average Bonchev–Trinajstić information content (AvgIpc) is 2.66. The van der Waals surface area contributed by atoms with Crippen molar-refractivity contribution in [3.63, 3.8) is 0 Å². The van der Waals surface area contributed by atoms with Crippen molar-refractivity contribution < 1.29 is 9.53 Å². The number of amides is 1. The third-order valence-corrected chi connectivity index (χ3v) is 3.82. The molecular weight excluding hydrogens is 292 g/mol. The fourth-order valence-corrected chi connectivity index (χ4v) is 2.58. The van der Waals surface area contributed by atoms with E-state index in [0.29, 0.717) is 6.54 Å². The Morgan fingerprint density at radius 1 is 1.39 bits per heavy atom. The molecule has 1 aromatic heterocycles.